The molecule has 24 heavy (non-hydrogen) atoms. The van der Waals surface area contributed by atoms with E-state index in [1.807, 2.05) is 17.9 Å². The molecule has 0 N–H and O–H groups in total. The molecule has 1 saturated heterocycles. The lowest BCUT2D eigenvalue weighted by Gasteiger charge is -2.46. The molecule has 4 heteroatoms. The number of hydrogen-bond donors (Lipinski definition) is 0. The Morgan fingerprint density at radius 3 is 2.67 bits per heavy atom. The van der Waals surface area contributed by atoms with Crippen molar-refractivity contribution in [3.05, 3.63) is 23.8 Å². The minimum atomic E-state index is -0.156. The maximum atomic E-state index is 13.1. The van der Waals surface area contributed by atoms with Crippen LogP contribution < -0.4 is 9.64 Å². The highest BCUT2D eigenvalue weighted by Crippen LogP contribution is 2.44. The molecular weight excluding hydrogens is 300 g/mol. The van der Waals surface area contributed by atoms with Gasteiger partial charge < -0.3 is 9.64 Å². The van der Waals surface area contributed by atoms with Crippen LogP contribution >= 0.6 is 0 Å². The molecule has 0 spiro atoms. The molecule has 1 aromatic carbocycles. The molecule has 0 radical (unpaired) electrons. The Kier molecular flexibility index (Phi) is 4.86. The second-order valence-electron chi connectivity index (χ2n) is 7.78. The Morgan fingerprint density at radius 2 is 2.00 bits per heavy atom. The molecule has 1 fully saturated rings. The molecule has 3 rings (SSSR count). The molecule has 0 unspecified atom stereocenters. The van der Waals surface area contributed by atoms with Gasteiger partial charge >= 0.3 is 0 Å². The number of amides is 1. The van der Waals surface area contributed by atoms with Gasteiger partial charge in [0.05, 0.1) is 13.2 Å². The third-order valence-corrected chi connectivity index (χ3v) is 5.30. The quantitative estimate of drug-likeness (QED) is 0.842. The lowest BCUT2D eigenvalue weighted by molar-refractivity contribution is -0.120. The van der Waals surface area contributed by atoms with Crippen LogP contribution in [-0.4, -0.2) is 42.6 Å². The number of ether oxygens (including phenoxy) is 1. The first kappa shape index (κ1) is 17.3. The van der Waals surface area contributed by atoms with Gasteiger partial charge in [0.2, 0.25) is 5.91 Å². The number of nitrogens with zero attached hydrogens (tertiary/aromatic N) is 2. The molecule has 0 aliphatic carbocycles. The number of anilines is 1. The van der Waals surface area contributed by atoms with Gasteiger partial charge in [-0.1, -0.05) is 6.92 Å². The van der Waals surface area contributed by atoms with Gasteiger partial charge in [-0.25, -0.2) is 0 Å². The molecule has 0 bridgehead atoms. The van der Waals surface area contributed by atoms with Crippen molar-refractivity contribution < 1.29 is 9.53 Å². The standard InChI is InChI=1S/C20H30N2O2/c1-5-24-16-8-9-18-17(12-16)15(2)13-20(3,4)22(18)19(23)14-21-10-6-7-11-21/h8-9,12,15H,5-7,10-11,13-14H2,1-4H3/t15-/m0/s1. The largest absolute Gasteiger partial charge is 0.494 e. The highest BCUT2D eigenvalue weighted by Gasteiger charge is 2.40. The van der Waals surface area contributed by atoms with Gasteiger partial charge in [0, 0.05) is 11.2 Å². The van der Waals surface area contributed by atoms with Crippen molar-refractivity contribution >= 4 is 11.6 Å². The Morgan fingerprint density at radius 1 is 1.29 bits per heavy atom. The zero-order valence-electron chi connectivity index (χ0n) is 15.5. The van der Waals surface area contributed by atoms with E-state index >= 15 is 0 Å². The summed E-state index contributed by atoms with van der Waals surface area (Å²) in [6.45, 7) is 11.9. The fourth-order valence-corrected chi connectivity index (χ4v) is 4.34. The smallest absolute Gasteiger partial charge is 0.241 e. The van der Waals surface area contributed by atoms with Crippen LogP contribution in [0.5, 0.6) is 5.75 Å². The summed E-state index contributed by atoms with van der Waals surface area (Å²) in [6.07, 6.45) is 3.39. The molecule has 2 aliphatic heterocycles. The maximum absolute atomic E-state index is 13.1. The first-order chi connectivity index (χ1) is 11.4. The van der Waals surface area contributed by atoms with Crippen molar-refractivity contribution in [2.75, 3.05) is 31.1 Å². The van der Waals surface area contributed by atoms with Crippen LogP contribution in [0, 0.1) is 0 Å². The maximum Gasteiger partial charge on any atom is 0.241 e. The van der Waals surface area contributed by atoms with Crippen LogP contribution in [-0.2, 0) is 4.79 Å². The third-order valence-electron chi connectivity index (χ3n) is 5.30. The monoisotopic (exact) mass is 330 g/mol. The van der Waals surface area contributed by atoms with Crippen LogP contribution in [0.25, 0.3) is 0 Å². The van der Waals surface area contributed by atoms with Gasteiger partial charge in [-0.05, 0) is 82.8 Å². The normalized spacial score (nSPS) is 23.2. The average Bonchev–Trinajstić information content (AvgIpc) is 3.00. The van der Waals surface area contributed by atoms with E-state index in [2.05, 4.69) is 37.8 Å². The second kappa shape index (κ2) is 6.75. The topological polar surface area (TPSA) is 32.8 Å². The van der Waals surface area contributed by atoms with Crippen molar-refractivity contribution in [1.82, 2.24) is 4.90 Å². The summed E-state index contributed by atoms with van der Waals surface area (Å²) in [6, 6.07) is 6.18. The number of likely N-dealkylation sites (tertiary alicyclic amines) is 1. The Bertz CT molecular complexity index is 606. The molecule has 1 aromatic rings. The summed E-state index contributed by atoms with van der Waals surface area (Å²) >= 11 is 0. The Balaban J connectivity index is 1.92. The third kappa shape index (κ3) is 3.30. The van der Waals surface area contributed by atoms with Crippen LogP contribution in [0.1, 0.15) is 58.4 Å². The van der Waals surface area contributed by atoms with Gasteiger partial charge in [-0.2, -0.15) is 0 Å². The fraction of sp³-hybridized carbons (Fsp3) is 0.650. The number of benzene rings is 1. The van der Waals surface area contributed by atoms with Gasteiger partial charge in [0.1, 0.15) is 5.75 Å². The number of carbonyl (C=O) groups excluding carboxylic acids is 1. The lowest BCUT2D eigenvalue weighted by atomic mass is 9.80. The van der Waals surface area contributed by atoms with E-state index in [9.17, 15) is 4.79 Å². The zero-order valence-corrected chi connectivity index (χ0v) is 15.5. The van der Waals surface area contributed by atoms with Crippen LogP contribution in [0.3, 0.4) is 0 Å². The van der Waals surface area contributed by atoms with E-state index in [0.29, 0.717) is 19.1 Å². The van der Waals surface area contributed by atoms with E-state index in [4.69, 9.17) is 4.74 Å². The Hall–Kier alpha value is -1.55. The summed E-state index contributed by atoms with van der Waals surface area (Å²) in [5.74, 6) is 1.54. The number of carbonyl (C=O) groups is 1. The lowest BCUT2D eigenvalue weighted by Crippen LogP contribution is -2.54. The van der Waals surface area contributed by atoms with E-state index in [1.54, 1.807) is 0 Å². The summed E-state index contributed by atoms with van der Waals surface area (Å²) in [7, 11) is 0. The van der Waals surface area contributed by atoms with Crippen LogP contribution in [0.2, 0.25) is 0 Å². The van der Waals surface area contributed by atoms with E-state index in [0.717, 1.165) is 30.9 Å². The first-order valence-corrected chi connectivity index (χ1v) is 9.24. The van der Waals surface area contributed by atoms with Crippen LogP contribution in [0.4, 0.5) is 5.69 Å². The number of hydrogen-bond acceptors (Lipinski definition) is 3. The zero-order chi connectivity index (χ0) is 17.3. The van der Waals surface area contributed by atoms with Gasteiger partial charge in [-0.15, -0.1) is 0 Å². The van der Waals surface area contributed by atoms with E-state index in [-0.39, 0.29) is 11.4 Å². The summed E-state index contributed by atoms with van der Waals surface area (Å²) in [4.78, 5) is 17.4. The predicted molar refractivity (Wildman–Crippen MR) is 97.9 cm³/mol. The predicted octanol–water partition coefficient (Wildman–Crippen LogP) is 3.80. The second-order valence-corrected chi connectivity index (χ2v) is 7.78. The molecule has 132 valence electrons. The SMILES string of the molecule is CCOc1ccc2c(c1)[C@@H](C)CC(C)(C)N2C(=O)CN1CCCC1. The highest BCUT2D eigenvalue weighted by molar-refractivity contribution is 5.97. The van der Waals surface area contributed by atoms with Crippen molar-refractivity contribution in [3.63, 3.8) is 0 Å². The molecule has 1 atom stereocenters. The summed E-state index contributed by atoms with van der Waals surface area (Å²) in [5.41, 5.74) is 2.14. The molecular formula is C20H30N2O2. The van der Waals surface area contributed by atoms with E-state index < -0.39 is 0 Å². The summed E-state index contributed by atoms with van der Waals surface area (Å²) in [5, 5.41) is 0. The minimum absolute atomic E-state index is 0.156. The van der Waals surface area contributed by atoms with Gasteiger partial charge in [0.25, 0.3) is 0 Å². The first-order valence-electron chi connectivity index (χ1n) is 9.24. The number of fused-ring (bicyclic) bond motifs is 1. The molecule has 0 saturated carbocycles. The molecule has 1 amide bonds. The Labute approximate surface area is 145 Å². The van der Waals surface area contributed by atoms with Crippen LogP contribution in [0.15, 0.2) is 18.2 Å². The molecule has 2 heterocycles. The van der Waals surface area contributed by atoms with Crippen molar-refractivity contribution in [2.45, 2.75) is 58.4 Å². The summed E-state index contributed by atoms with van der Waals surface area (Å²) < 4.78 is 5.66. The number of rotatable bonds is 4. The highest BCUT2D eigenvalue weighted by atomic mass is 16.5. The van der Waals surface area contributed by atoms with Crippen molar-refractivity contribution in [3.8, 4) is 5.75 Å². The van der Waals surface area contributed by atoms with Crippen molar-refractivity contribution in [1.29, 1.82) is 0 Å². The average molecular weight is 330 g/mol. The van der Waals surface area contributed by atoms with Gasteiger partial charge in [-0.3, -0.25) is 9.69 Å². The minimum Gasteiger partial charge on any atom is -0.494 e. The van der Waals surface area contributed by atoms with Gasteiger partial charge in [0.15, 0.2) is 0 Å². The fourth-order valence-electron chi connectivity index (χ4n) is 4.34. The van der Waals surface area contributed by atoms with Crippen molar-refractivity contribution in [2.24, 2.45) is 0 Å². The molecule has 4 nitrogen and oxygen atoms in total. The van der Waals surface area contributed by atoms with E-state index in [1.165, 1.54) is 18.4 Å². The molecule has 2 aliphatic rings. The molecule has 0 aromatic heterocycles.